The Balaban J connectivity index is 0.000000209. The van der Waals surface area contributed by atoms with E-state index in [-0.39, 0.29) is 99.1 Å². The molecule has 4 aromatic carbocycles. The largest absolute Gasteiger partial charge is 0.467 e. The minimum Gasteiger partial charge on any atom is -0.467 e. The lowest BCUT2D eigenvalue weighted by atomic mass is 9.98. The molecule has 110 heavy (non-hydrogen) atoms. The molecule has 12 atom stereocenters. The van der Waals surface area contributed by atoms with Gasteiger partial charge < -0.3 is 114 Å². The third kappa shape index (κ3) is 26.2. The van der Waals surface area contributed by atoms with E-state index in [9.17, 15) is 29.4 Å². The number of aliphatic hydroxyl groups excluding tert-OH is 2. The van der Waals surface area contributed by atoms with Gasteiger partial charge in [0, 0.05) is 60.9 Å². The van der Waals surface area contributed by atoms with Crippen LogP contribution in [0.3, 0.4) is 0 Å². The third-order valence-electron chi connectivity index (χ3n) is 18.3. The molecule has 4 aromatic rings. The zero-order chi connectivity index (χ0) is 79.5. The Morgan fingerprint density at radius 1 is 0.409 bits per heavy atom. The van der Waals surface area contributed by atoms with E-state index in [1.54, 1.807) is 78.9 Å². The Morgan fingerprint density at radius 2 is 0.718 bits per heavy atom. The number of esters is 4. The van der Waals surface area contributed by atoms with Gasteiger partial charge in [0.2, 0.25) is 0 Å². The SMILES string of the molecule is COCOc1cc2c(c(OCOC)c1)C(=O)O[C@@H](C)CCCC(O)[C@H]1OC(C)(C)O[C@H]1C/C=C/2.COCOc1cc2c(c(OCOC)c1)C(=O)O[C@@H](C)CCCC(O)[C@H]1OC(C)(C)O[C@H]1C/C=C/2.COCOc1cc2c(c(OCOC)c1)C(=O)O[C@@H](C)CCCC(OC(=O)c1ccccc1)C1OC(C)(C)OC1C/C=C/2. The first-order valence-corrected chi connectivity index (χ1v) is 37.2. The van der Waals surface area contributed by atoms with Gasteiger partial charge in [0.15, 0.2) is 58.1 Å². The number of rotatable bonds is 20. The van der Waals surface area contributed by atoms with E-state index in [1.807, 2.05) is 86.6 Å². The number of methoxy groups -OCH3 is 6. The molecule has 28 heteroatoms. The van der Waals surface area contributed by atoms with Gasteiger partial charge in [-0.2, -0.15) is 0 Å². The number of ether oxygens (including phenoxy) is 22. The number of aliphatic hydroxyl groups is 2. The van der Waals surface area contributed by atoms with Crippen molar-refractivity contribution in [1.82, 2.24) is 0 Å². The number of cyclic esters (lactones) is 3. The molecule has 6 aliphatic heterocycles. The summed E-state index contributed by atoms with van der Waals surface area (Å²) in [4.78, 5) is 52.9. The fourth-order valence-electron chi connectivity index (χ4n) is 13.4. The molecule has 2 N–H and O–H groups in total. The summed E-state index contributed by atoms with van der Waals surface area (Å²) < 4.78 is 124. The first-order chi connectivity index (χ1) is 52.7. The second-order valence-electron chi connectivity index (χ2n) is 28.7. The summed E-state index contributed by atoms with van der Waals surface area (Å²) in [6.45, 7) is 16.5. The highest BCUT2D eigenvalue weighted by molar-refractivity contribution is 5.99. The Morgan fingerprint density at radius 3 is 1.05 bits per heavy atom. The van der Waals surface area contributed by atoms with Crippen molar-refractivity contribution in [1.29, 1.82) is 0 Å². The molecule has 5 unspecified atom stereocenters. The van der Waals surface area contributed by atoms with Gasteiger partial charge in [-0.3, -0.25) is 0 Å². The van der Waals surface area contributed by atoms with Gasteiger partial charge in [0.25, 0.3) is 0 Å². The summed E-state index contributed by atoms with van der Waals surface area (Å²) in [5.74, 6) is -2.20. The van der Waals surface area contributed by atoms with Crippen LogP contribution in [0.25, 0.3) is 18.2 Å². The maximum atomic E-state index is 13.5. The molecule has 28 nitrogen and oxygen atoms in total. The molecular formula is C82H112O28. The highest BCUT2D eigenvalue weighted by Gasteiger charge is 2.48. The van der Waals surface area contributed by atoms with E-state index in [4.69, 9.17) is 104 Å². The van der Waals surface area contributed by atoms with Gasteiger partial charge in [-0.25, -0.2) is 19.2 Å². The van der Waals surface area contributed by atoms with E-state index in [0.717, 1.165) is 0 Å². The first-order valence-electron chi connectivity index (χ1n) is 37.2. The molecule has 0 aromatic heterocycles. The molecule has 6 aliphatic rings. The number of carbonyl (C=O) groups is 4. The Labute approximate surface area is 644 Å². The summed E-state index contributed by atoms with van der Waals surface area (Å²) in [5.41, 5.74) is 2.93. The number of benzene rings is 4. The van der Waals surface area contributed by atoms with Crippen molar-refractivity contribution in [3.8, 4) is 34.5 Å². The fourth-order valence-corrected chi connectivity index (χ4v) is 13.4. The van der Waals surface area contributed by atoms with E-state index in [0.29, 0.717) is 117 Å². The molecule has 608 valence electrons. The molecular weight excluding hydrogens is 1430 g/mol. The topological polar surface area (TPSA) is 312 Å². The molecule has 6 heterocycles. The van der Waals surface area contributed by atoms with Crippen LogP contribution in [0.1, 0.15) is 197 Å². The van der Waals surface area contributed by atoms with Gasteiger partial charge in [0.05, 0.1) is 54.4 Å². The average molecular weight is 1550 g/mol. The van der Waals surface area contributed by atoms with E-state index >= 15 is 0 Å². The summed E-state index contributed by atoms with van der Waals surface area (Å²) in [6.07, 6.45) is 12.2. The molecule has 0 saturated carbocycles. The molecule has 0 bridgehead atoms. The quantitative estimate of drug-likeness (QED) is 0.0472. The molecule has 10 rings (SSSR count). The van der Waals surface area contributed by atoms with Gasteiger partial charge in [-0.1, -0.05) is 54.7 Å². The predicted octanol–water partition coefficient (Wildman–Crippen LogP) is 12.9. The monoisotopic (exact) mass is 1540 g/mol. The summed E-state index contributed by atoms with van der Waals surface area (Å²) in [5, 5.41) is 21.5. The van der Waals surface area contributed by atoms with Crippen molar-refractivity contribution in [2.45, 2.75) is 230 Å². The van der Waals surface area contributed by atoms with Crippen molar-refractivity contribution in [3.63, 3.8) is 0 Å². The normalized spacial score (nSPS) is 26.9. The van der Waals surface area contributed by atoms with Crippen LogP contribution in [0.15, 0.2) is 85.0 Å². The highest BCUT2D eigenvalue weighted by atomic mass is 16.8. The molecule has 3 fully saturated rings. The van der Waals surface area contributed by atoms with Crippen molar-refractivity contribution in [2.75, 3.05) is 83.4 Å². The van der Waals surface area contributed by atoms with Crippen LogP contribution in [-0.4, -0.2) is 208 Å². The van der Waals surface area contributed by atoms with Crippen LogP contribution in [0, 0.1) is 0 Å². The highest BCUT2D eigenvalue weighted by Crippen LogP contribution is 2.41. The lowest BCUT2D eigenvalue weighted by molar-refractivity contribution is -0.156. The third-order valence-corrected chi connectivity index (χ3v) is 18.3. The molecule has 0 aliphatic carbocycles. The standard InChI is InChI=1S/C32H40O10.2C25H36O9/c1-21-11-9-15-25(40-30(33)22-12-7-6-8-13-22)29-26(41-32(2,3)42-29)16-10-14-23-17-24(37-19-35-4)18-27(38-20-36-5)28(23)31(34)39-21;2*1-16-8-6-10-19(26)23-20(33-25(2,3)34-23)11-7-9-17-12-18(30-14-28-4)13-21(31-15-29-5)22(17)24(27)32-16/h6-8,10,12-14,17-18,21,25-26,29H,9,11,15-16,19-20H2,1-5H3;2*7,9,12-13,16,19-20,23,26H,6,8,10-11,14-15H2,1-5H3/b14-10+;2*9-7+/t21-,25?,26?,29?;2*16-,19?,20-,23+/m000/s1. The molecule has 0 spiro atoms. The minimum atomic E-state index is -0.874. The average Bonchev–Trinajstić information content (AvgIpc) is 0.905. The number of hydrogen-bond donors (Lipinski definition) is 2. The van der Waals surface area contributed by atoms with Crippen molar-refractivity contribution in [3.05, 3.63) is 124 Å². The van der Waals surface area contributed by atoms with Crippen LogP contribution < -0.4 is 28.4 Å². The lowest BCUT2D eigenvalue weighted by Gasteiger charge is -2.27. The van der Waals surface area contributed by atoms with Crippen LogP contribution in [0.2, 0.25) is 0 Å². The predicted molar refractivity (Wildman–Crippen MR) is 401 cm³/mol. The van der Waals surface area contributed by atoms with Crippen molar-refractivity contribution in [2.24, 2.45) is 0 Å². The van der Waals surface area contributed by atoms with Crippen LogP contribution >= 0.6 is 0 Å². The van der Waals surface area contributed by atoms with E-state index in [1.165, 1.54) is 42.7 Å². The van der Waals surface area contributed by atoms with Gasteiger partial charge in [0.1, 0.15) is 75.6 Å². The first kappa shape index (κ1) is 87.8. The number of fused-ring (bicyclic) bond motifs is 6. The number of hydrogen-bond acceptors (Lipinski definition) is 28. The van der Waals surface area contributed by atoms with Gasteiger partial charge >= 0.3 is 23.9 Å². The molecule has 3 saturated heterocycles. The smallest absolute Gasteiger partial charge is 0.342 e. The van der Waals surface area contributed by atoms with Crippen LogP contribution in [-0.2, 0) is 75.8 Å². The van der Waals surface area contributed by atoms with Crippen molar-refractivity contribution >= 4 is 42.1 Å². The Kier molecular flexibility index (Phi) is 34.1. The zero-order valence-corrected chi connectivity index (χ0v) is 66.0. The second-order valence-corrected chi connectivity index (χ2v) is 28.7. The Hall–Kier alpha value is -7.78. The molecule has 0 amide bonds. The molecule has 0 radical (unpaired) electrons. The van der Waals surface area contributed by atoms with Gasteiger partial charge in [-0.15, -0.1) is 0 Å². The summed E-state index contributed by atoms with van der Waals surface area (Å²) >= 11 is 0. The summed E-state index contributed by atoms with van der Waals surface area (Å²) in [6, 6.07) is 18.9. The van der Waals surface area contributed by atoms with E-state index in [2.05, 4.69) is 0 Å². The van der Waals surface area contributed by atoms with Crippen molar-refractivity contribution < 1.29 is 134 Å². The van der Waals surface area contributed by atoms with E-state index < -0.39 is 90.1 Å². The maximum absolute atomic E-state index is 13.5. The van der Waals surface area contributed by atoms with Gasteiger partial charge in [-0.05, 0) is 186 Å². The zero-order valence-electron chi connectivity index (χ0n) is 66.0. The second kappa shape index (κ2) is 42.7. The lowest BCUT2D eigenvalue weighted by Crippen LogP contribution is -2.39. The van der Waals surface area contributed by atoms with Crippen LogP contribution in [0.4, 0.5) is 0 Å². The Bertz CT molecular complexity index is 3520. The van der Waals surface area contributed by atoms with Crippen LogP contribution in [0.5, 0.6) is 34.5 Å². The fraction of sp³-hybridized carbons (Fsp3) is 0.585. The number of carbonyl (C=O) groups excluding carboxylic acids is 4. The summed E-state index contributed by atoms with van der Waals surface area (Å²) in [7, 11) is 9.07. The maximum Gasteiger partial charge on any atom is 0.342 e. The minimum absolute atomic E-state index is 0.0147.